The summed E-state index contributed by atoms with van der Waals surface area (Å²) in [5, 5.41) is 9.68. The van der Waals surface area contributed by atoms with E-state index in [1.165, 1.54) is 11.0 Å². The van der Waals surface area contributed by atoms with Crippen LogP contribution in [0.2, 0.25) is 10.0 Å². The van der Waals surface area contributed by atoms with Gasteiger partial charge in [-0.3, -0.25) is 4.79 Å². The van der Waals surface area contributed by atoms with E-state index in [-0.39, 0.29) is 5.91 Å². The highest BCUT2D eigenvalue weighted by Gasteiger charge is 2.36. The van der Waals surface area contributed by atoms with Gasteiger partial charge in [0.25, 0.3) is 5.91 Å². The van der Waals surface area contributed by atoms with Crippen LogP contribution in [0.5, 0.6) is 0 Å². The number of fused-ring (bicyclic) bond motifs is 1. The van der Waals surface area contributed by atoms with Gasteiger partial charge in [-0.15, -0.1) is 0 Å². The Morgan fingerprint density at radius 3 is 2.73 bits per heavy atom. The van der Waals surface area contributed by atoms with Crippen LogP contribution in [-0.4, -0.2) is 17.9 Å². The van der Waals surface area contributed by atoms with Crippen molar-refractivity contribution >= 4 is 29.1 Å². The summed E-state index contributed by atoms with van der Waals surface area (Å²) in [4.78, 5) is 13.1. The second-order valence-corrected chi connectivity index (χ2v) is 4.14. The minimum Gasteiger partial charge on any atom is -0.322 e. The van der Waals surface area contributed by atoms with Crippen molar-refractivity contribution in [2.24, 2.45) is 0 Å². The number of rotatable bonds is 0. The topological polar surface area (TPSA) is 44.1 Å². The first kappa shape index (κ1) is 10.3. The molecule has 0 aliphatic carbocycles. The van der Waals surface area contributed by atoms with Gasteiger partial charge < -0.3 is 4.90 Å². The van der Waals surface area contributed by atoms with Crippen LogP contribution in [0, 0.1) is 11.3 Å². The van der Waals surface area contributed by atoms with Gasteiger partial charge in [-0.05, 0) is 12.1 Å². The molecule has 0 bridgehead atoms. The molecule has 0 saturated carbocycles. The summed E-state index contributed by atoms with van der Waals surface area (Å²) in [6.45, 7) is 0. The molecule has 3 nitrogen and oxygen atoms in total. The van der Waals surface area contributed by atoms with Crippen LogP contribution in [0.4, 0.5) is 0 Å². The van der Waals surface area contributed by atoms with Gasteiger partial charge >= 0.3 is 0 Å². The Bertz CT molecular complexity index is 493. The Balaban J connectivity index is 2.72. The molecule has 1 heterocycles. The fourth-order valence-corrected chi connectivity index (χ4v) is 2.28. The summed E-state index contributed by atoms with van der Waals surface area (Å²) < 4.78 is 0. The van der Waals surface area contributed by atoms with Crippen molar-refractivity contribution in [2.75, 3.05) is 7.05 Å². The maximum atomic E-state index is 11.7. The lowest BCUT2D eigenvalue weighted by Gasteiger charge is -2.12. The summed E-state index contributed by atoms with van der Waals surface area (Å²) >= 11 is 11.7. The number of hydrogen-bond acceptors (Lipinski definition) is 2. The zero-order chi connectivity index (χ0) is 11.2. The van der Waals surface area contributed by atoms with E-state index >= 15 is 0 Å². The van der Waals surface area contributed by atoms with Gasteiger partial charge in [0.15, 0.2) is 0 Å². The molecule has 1 aliphatic rings. The molecular weight excluding hydrogens is 235 g/mol. The monoisotopic (exact) mass is 240 g/mol. The molecule has 0 aromatic heterocycles. The summed E-state index contributed by atoms with van der Waals surface area (Å²) in [7, 11) is 1.57. The van der Waals surface area contributed by atoms with E-state index < -0.39 is 6.04 Å². The van der Waals surface area contributed by atoms with Gasteiger partial charge in [0.2, 0.25) is 0 Å². The van der Waals surface area contributed by atoms with Gasteiger partial charge in [-0.25, -0.2) is 0 Å². The summed E-state index contributed by atoms with van der Waals surface area (Å²) in [6, 6.07) is 4.57. The molecule has 0 N–H and O–H groups in total. The predicted molar refractivity (Wildman–Crippen MR) is 56.9 cm³/mol. The lowest BCUT2D eigenvalue weighted by molar-refractivity contribution is 0.0800. The number of amides is 1. The molecule has 0 fully saturated rings. The normalized spacial score (nSPS) is 18.9. The molecule has 0 spiro atoms. The first-order valence-electron chi connectivity index (χ1n) is 4.22. The minimum absolute atomic E-state index is 0.238. The summed E-state index contributed by atoms with van der Waals surface area (Å²) in [5.41, 5.74) is 0.970. The average molecular weight is 241 g/mol. The third-order valence-corrected chi connectivity index (χ3v) is 2.94. The Morgan fingerprint density at radius 2 is 2.13 bits per heavy atom. The van der Waals surface area contributed by atoms with Crippen LogP contribution in [-0.2, 0) is 0 Å². The van der Waals surface area contributed by atoms with E-state index in [9.17, 15) is 4.79 Å². The Morgan fingerprint density at radius 1 is 1.47 bits per heavy atom. The van der Waals surface area contributed by atoms with Gasteiger partial charge in [0.1, 0.15) is 6.04 Å². The van der Waals surface area contributed by atoms with Crippen molar-refractivity contribution in [2.45, 2.75) is 6.04 Å². The molecular formula is C10H6Cl2N2O. The Hall–Kier alpha value is -1.24. The molecule has 15 heavy (non-hydrogen) atoms. The van der Waals surface area contributed by atoms with E-state index in [2.05, 4.69) is 0 Å². The molecule has 1 aromatic rings. The molecule has 1 unspecified atom stereocenters. The largest absolute Gasteiger partial charge is 0.322 e. The van der Waals surface area contributed by atoms with Crippen molar-refractivity contribution in [1.29, 1.82) is 5.26 Å². The highest BCUT2D eigenvalue weighted by Crippen LogP contribution is 2.37. The minimum atomic E-state index is -0.594. The molecule has 1 atom stereocenters. The van der Waals surface area contributed by atoms with E-state index in [4.69, 9.17) is 28.5 Å². The van der Waals surface area contributed by atoms with Crippen LogP contribution in [0.25, 0.3) is 0 Å². The molecule has 0 saturated heterocycles. The van der Waals surface area contributed by atoms with E-state index in [1.54, 1.807) is 13.1 Å². The van der Waals surface area contributed by atoms with Crippen LogP contribution in [0.1, 0.15) is 22.0 Å². The second-order valence-electron chi connectivity index (χ2n) is 3.30. The van der Waals surface area contributed by atoms with E-state index in [1.807, 2.05) is 6.07 Å². The SMILES string of the molecule is CN1C(=O)c2c(Cl)cc(Cl)cc2C1C#N. The Kier molecular flexibility index (Phi) is 2.34. The van der Waals surface area contributed by atoms with Crippen LogP contribution in [0.3, 0.4) is 0 Å². The molecule has 76 valence electrons. The average Bonchev–Trinajstić information content (AvgIpc) is 2.39. The maximum absolute atomic E-state index is 11.7. The van der Waals surface area contributed by atoms with Crippen molar-refractivity contribution in [3.63, 3.8) is 0 Å². The first-order chi connectivity index (χ1) is 7.06. The summed E-state index contributed by atoms with van der Waals surface area (Å²) in [6.07, 6.45) is 0. The van der Waals surface area contributed by atoms with E-state index in [0.29, 0.717) is 21.2 Å². The third-order valence-electron chi connectivity index (χ3n) is 2.42. The molecule has 2 rings (SSSR count). The van der Waals surface area contributed by atoms with E-state index in [0.717, 1.165) is 0 Å². The van der Waals surface area contributed by atoms with Gasteiger partial charge in [-0.1, -0.05) is 23.2 Å². The number of nitrogens with zero attached hydrogens (tertiary/aromatic N) is 2. The zero-order valence-electron chi connectivity index (χ0n) is 7.79. The van der Waals surface area contributed by atoms with Gasteiger partial charge in [0, 0.05) is 17.6 Å². The lowest BCUT2D eigenvalue weighted by atomic mass is 10.1. The Labute approximate surface area is 96.8 Å². The molecule has 5 heteroatoms. The smallest absolute Gasteiger partial charge is 0.256 e. The van der Waals surface area contributed by atoms with Crippen LogP contribution >= 0.6 is 23.2 Å². The summed E-state index contributed by atoms with van der Waals surface area (Å²) in [5.74, 6) is -0.238. The fourth-order valence-electron chi connectivity index (χ4n) is 1.69. The zero-order valence-corrected chi connectivity index (χ0v) is 9.30. The molecule has 0 radical (unpaired) electrons. The predicted octanol–water partition coefficient (Wildman–Crippen LogP) is 2.64. The quantitative estimate of drug-likeness (QED) is 0.700. The van der Waals surface area contributed by atoms with Crippen LogP contribution in [0.15, 0.2) is 12.1 Å². The lowest BCUT2D eigenvalue weighted by Crippen LogP contribution is -2.21. The fraction of sp³-hybridized carbons (Fsp3) is 0.200. The standard InChI is InChI=1S/C10H6Cl2N2O/c1-14-8(4-13)6-2-5(11)3-7(12)9(6)10(14)15/h2-3,8H,1H3. The third kappa shape index (κ3) is 1.38. The number of halogens is 2. The van der Waals surface area contributed by atoms with Crippen molar-refractivity contribution < 1.29 is 4.79 Å². The number of benzene rings is 1. The van der Waals surface area contributed by atoms with Crippen molar-refractivity contribution in [3.8, 4) is 6.07 Å². The van der Waals surface area contributed by atoms with Gasteiger partial charge in [0.05, 0.1) is 16.7 Å². The maximum Gasteiger partial charge on any atom is 0.256 e. The van der Waals surface area contributed by atoms with Gasteiger partial charge in [-0.2, -0.15) is 5.26 Å². The molecule has 1 aromatic carbocycles. The highest BCUT2D eigenvalue weighted by atomic mass is 35.5. The number of carbonyl (C=O) groups excluding carboxylic acids is 1. The molecule has 1 aliphatic heterocycles. The highest BCUT2D eigenvalue weighted by molar-refractivity contribution is 6.37. The van der Waals surface area contributed by atoms with Crippen LogP contribution < -0.4 is 0 Å². The number of hydrogen-bond donors (Lipinski definition) is 0. The number of carbonyl (C=O) groups is 1. The first-order valence-corrected chi connectivity index (χ1v) is 4.97. The van der Waals surface area contributed by atoms with Crippen molar-refractivity contribution in [1.82, 2.24) is 4.90 Å². The second kappa shape index (κ2) is 3.41. The molecule has 1 amide bonds. The van der Waals surface area contributed by atoms with Crippen molar-refractivity contribution in [3.05, 3.63) is 33.3 Å². The number of nitriles is 1.